The molecule has 0 spiro atoms. The molecular weight excluding hydrogens is 429 g/mol. The number of piperidine rings is 1. The Hall–Kier alpha value is -3.67. The van der Waals surface area contributed by atoms with Gasteiger partial charge in [-0.25, -0.2) is 9.37 Å². The highest BCUT2D eigenvalue weighted by molar-refractivity contribution is 5.99. The number of methoxy groups -OCH3 is 1. The molecule has 1 saturated heterocycles. The molecule has 2 aliphatic heterocycles. The van der Waals surface area contributed by atoms with Crippen LogP contribution in [0.2, 0.25) is 0 Å². The fourth-order valence-corrected chi connectivity index (χ4v) is 5.05. The van der Waals surface area contributed by atoms with Gasteiger partial charge in [-0.15, -0.1) is 0 Å². The standard InChI is InChI=1S/C28H28FN3O2/c1-18-12-24-10-7-22(28(33)32(24)26(13-18)21-5-8-23(29)9-6-21)14-20-4-11-25(27(15-20)34-3)31-16-19(2)30-17-31/h4-6,8-9,11,13-17,24,26H,7,10,12H2,1-3H3/b22-14+. The Kier molecular flexibility index (Phi) is 5.82. The Morgan fingerprint density at radius 1 is 1.15 bits per heavy atom. The minimum Gasteiger partial charge on any atom is -0.495 e. The number of fused-ring (bicyclic) bond motifs is 1. The number of rotatable bonds is 4. The first-order valence-corrected chi connectivity index (χ1v) is 11.6. The first kappa shape index (κ1) is 22.1. The predicted octanol–water partition coefficient (Wildman–Crippen LogP) is 5.79. The van der Waals surface area contributed by atoms with Gasteiger partial charge in [-0.05, 0) is 74.6 Å². The quantitative estimate of drug-likeness (QED) is 0.368. The lowest BCUT2D eigenvalue weighted by molar-refractivity contribution is -0.133. The van der Waals surface area contributed by atoms with Crippen LogP contribution >= 0.6 is 0 Å². The lowest BCUT2D eigenvalue weighted by atomic mass is 9.84. The van der Waals surface area contributed by atoms with E-state index in [1.807, 2.05) is 46.9 Å². The summed E-state index contributed by atoms with van der Waals surface area (Å²) in [4.78, 5) is 20.0. The largest absolute Gasteiger partial charge is 0.495 e. The lowest BCUT2D eigenvalue weighted by Crippen LogP contribution is -2.48. The van der Waals surface area contributed by atoms with Crippen molar-refractivity contribution in [3.05, 3.63) is 94.8 Å². The van der Waals surface area contributed by atoms with Gasteiger partial charge in [0.2, 0.25) is 0 Å². The molecule has 2 unspecified atom stereocenters. The van der Waals surface area contributed by atoms with Crippen LogP contribution in [0.5, 0.6) is 5.75 Å². The highest BCUT2D eigenvalue weighted by atomic mass is 19.1. The van der Waals surface area contributed by atoms with Crippen LogP contribution in [0, 0.1) is 12.7 Å². The minimum absolute atomic E-state index is 0.0441. The minimum atomic E-state index is -0.273. The molecule has 0 saturated carbocycles. The van der Waals surface area contributed by atoms with E-state index in [2.05, 4.69) is 18.0 Å². The summed E-state index contributed by atoms with van der Waals surface area (Å²) in [6, 6.07) is 12.4. The van der Waals surface area contributed by atoms with E-state index in [0.717, 1.165) is 47.3 Å². The number of carbonyl (C=O) groups is 1. The molecule has 0 N–H and O–H groups in total. The third kappa shape index (κ3) is 4.16. The van der Waals surface area contributed by atoms with Gasteiger partial charge < -0.3 is 14.2 Å². The number of hydrogen-bond acceptors (Lipinski definition) is 3. The normalized spacial score (nSPS) is 21.4. The Balaban J connectivity index is 1.47. The third-order valence-corrected chi connectivity index (χ3v) is 6.70. The lowest BCUT2D eigenvalue weighted by Gasteiger charge is -2.44. The van der Waals surface area contributed by atoms with Crippen LogP contribution in [-0.2, 0) is 4.79 Å². The Morgan fingerprint density at radius 3 is 2.65 bits per heavy atom. The van der Waals surface area contributed by atoms with Crippen molar-refractivity contribution in [2.45, 2.75) is 45.2 Å². The summed E-state index contributed by atoms with van der Waals surface area (Å²) in [5.41, 5.74) is 5.73. The summed E-state index contributed by atoms with van der Waals surface area (Å²) in [5.74, 6) is 0.488. The SMILES string of the molecule is COc1cc(/C=C2\CCC3CC(C)=CC(c4ccc(F)cc4)N3C2=O)ccc1-n1cnc(C)c1. The number of halogens is 1. The maximum Gasteiger partial charge on any atom is 0.250 e. The van der Waals surface area contributed by atoms with Crippen molar-refractivity contribution in [3.8, 4) is 11.4 Å². The highest BCUT2D eigenvalue weighted by Crippen LogP contribution is 2.40. The molecule has 6 heteroatoms. The number of aryl methyl sites for hydroxylation is 1. The van der Waals surface area contributed by atoms with E-state index < -0.39 is 0 Å². The molecule has 174 valence electrons. The van der Waals surface area contributed by atoms with E-state index in [1.165, 1.54) is 17.7 Å². The van der Waals surface area contributed by atoms with Gasteiger partial charge in [0.1, 0.15) is 11.6 Å². The van der Waals surface area contributed by atoms with Gasteiger partial charge >= 0.3 is 0 Å². The Bertz CT molecular complexity index is 1290. The van der Waals surface area contributed by atoms with E-state index in [4.69, 9.17) is 4.74 Å². The van der Waals surface area contributed by atoms with Crippen LogP contribution in [0.1, 0.15) is 49.0 Å². The molecule has 3 heterocycles. The smallest absolute Gasteiger partial charge is 0.250 e. The molecule has 5 rings (SSSR count). The van der Waals surface area contributed by atoms with Crippen LogP contribution in [0.3, 0.4) is 0 Å². The average molecular weight is 458 g/mol. The summed E-state index contributed by atoms with van der Waals surface area (Å²) < 4.78 is 21.1. The van der Waals surface area contributed by atoms with Gasteiger partial charge in [0, 0.05) is 17.8 Å². The zero-order valence-electron chi connectivity index (χ0n) is 19.7. The molecule has 5 nitrogen and oxygen atoms in total. The van der Waals surface area contributed by atoms with Crippen LogP contribution in [0.4, 0.5) is 4.39 Å². The fraction of sp³-hybridized carbons (Fsp3) is 0.286. The summed E-state index contributed by atoms with van der Waals surface area (Å²) in [7, 11) is 1.64. The third-order valence-electron chi connectivity index (χ3n) is 6.70. The zero-order chi connectivity index (χ0) is 23.8. The van der Waals surface area contributed by atoms with Crippen molar-refractivity contribution in [1.82, 2.24) is 14.5 Å². The monoisotopic (exact) mass is 457 g/mol. The van der Waals surface area contributed by atoms with E-state index in [-0.39, 0.29) is 23.8 Å². The maximum absolute atomic E-state index is 13.7. The molecule has 3 aromatic rings. The highest BCUT2D eigenvalue weighted by Gasteiger charge is 2.38. The number of benzene rings is 2. The van der Waals surface area contributed by atoms with Crippen molar-refractivity contribution in [1.29, 1.82) is 0 Å². The van der Waals surface area contributed by atoms with Gasteiger partial charge in [0.05, 0.1) is 30.9 Å². The zero-order valence-corrected chi connectivity index (χ0v) is 19.7. The second kappa shape index (κ2) is 8.93. The molecule has 0 bridgehead atoms. The van der Waals surface area contributed by atoms with Gasteiger partial charge in [-0.1, -0.05) is 29.8 Å². The molecule has 2 atom stereocenters. The molecule has 1 fully saturated rings. The summed E-state index contributed by atoms with van der Waals surface area (Å²) >= 11 is 0. The molecule has 34 heavy (non-hydrogen) atoms. The van der Waals surface area contributed by atoms with Gasteiger partial charge in [0.15, 0.2) is 0 Å². The number of aromatic nitrogens is 2. The number of ether oxygens (including phenoxy) is 1. The van der Waals surface area contributed by atoms with Crippen LogP contribution in [-0.4, -0.2) is 33.5 Å². The van der Waals surface area contributed by atoms with Crippen LogP contribution < -0.4 is 4.74 Å². The molecule has 0 aliphatic carbocycles. The van der Waals surface area contributed by atoms with E-state index in [0.29, 0.717) is 5.75 Å². The van der Waals surface area contributed by atoms with Gasteiger partial charge in [0.25, 0.3) is 5.91 Å². The topological polar surface area (TPSA) is 47.4 Å². The first-order valence-electron chi connectivity index (χ1n) is 11.6. The van der Waals surface area contributed by atoms with E-state index in [9.17, 15) is 9.18 Å². The molecule has 1 aromatic heterocycles. The second-order valence-corrected chi connectivity index (χ2v) is 9.14. The van der Waals surface area contributed by atoms with Gasteiger partial charge in [-0.2, -0.15) is 0 Å². The Morgan fingerprint density at radius 2 is 1.94 bits per heavy atom. The number of nitrogens with zero attached hydrogens (tertiary/aromatic N) is 3. The first-order chi connectivity index (χ1) is 16.4. The van der Waals surface area contributed by atoms with Crippen molar-refractivity contribution >= 4 is 12.0 Å². The summed E-state index contributed by atoms with van der Waals surface area (Å²) in [5, 5.41) is 0. The van der Waals surface area contributed by atoms with Crippen molar-refractivity contribution in [2.24, 2.45) is 0 Å². The van der Waals surface area contributed by atoms with Gasteiger partial charge in [-0.3, -0.25) is 4.79 Å². The van der Waals surface area contributed by atoms with Crippen LogP contribution in [0.15, 0.2) is 72.2 Å². The molecule has 2 aliphatic rings. The van der Waals surface area contributed by atoms with Crippen molar-refractivity contribution in [2.75, 3.05) is 7.11 Å². The predicted molar refractivity (Wildman–Crippen MR) is 130 cm³/mol. The average Bonchev–Trinajstić information content (AvgIpc) is 3.26. The summed E-state index contributed by atoms with van der Waals surface area (Å²) in [6.45, 7) is 4.06. The fourth-order valence-electron chi connectivity index (χ4n) is 5.05. The second-order valence-electron chi connectivity index (χ2n) is 9.14. The number of amides is 1. The van der Waals surface area contributed by atoms with Crippen LogP contribution in [0.25, 0.3) is 11.8 Å². The molecule has 1 amide bonds. The van der Waals surface area contributed by atoms with Crippen molar-refractivity contribution in [3.63, 3.8) is 0 Å². The van der Waals surface area contributed by atoms with E-state index in [1.54, 1.807) is 25.6 Å². The number of carbonyl (C=O) groups excluding carboxylic acids is 1. The number of imidazole rings is 1. The molecule has 0 radical (unpaired) electrons. The number of hydrogen-bond donors (Lipinski definition) is 0. The Labute approximate surface area is 199 Å². The molecule has 2 aromatic carbocycles. The van der Waals surface area contributed by atoms with E-state index >= 15 is 0 Å². The van der Waals surface area contributed by atoms with Crippen molar-refractivity contribution < 1.29 is 13.9 Å². The summed E-state index contributed by atoms with van der Waals surface area (Å²) in [6.07, 6.45) is 10.3. The maximum atomic E-state index is 13.7. The molecular formula is C28H28FN3O2.